The van der Waals surface area contributed by atoms with Crippen LogP contribution in [0.4, 0.5) is 0 Å². The number of rotatable bonds is 9. The molecule has 1 aliphatic rings. The minimum Gasteiger partial charge on any atom is -0.492 e. The molecule has 0 bridgehead atoms. The third kappa shape index (κ3) is 7.02. The molecule has 1 aromatic rings. The van der Waals surface area contributed by atoms with Gasteiger partial charge < -0.3 is 14.8 Å². The van der Waals surface area contributed by atoms with E-state index in [-0.39, 0.29) is 11.4 Å². The van der Waals surface area contributed by atoms with Gasteiger partial charge in [0.25, 0.3) is 0 Å². The lowest BCUT2D eigenvalue weighted by Gasteiger charge is -2.40. The maximum absolute atomic E-state index is 12.2. The second-order valence-corrected chi connectivity index (χ2v) is 7.09. The van der Waals surface area contributed by atoms with E-state index < -0.39 is 0 Å². The van der Waals surface area contributed by atoms with Gasteiger partial charge in [-0.05, 0) is 33.0 Å². The molecule has 6 nitrogen and oxygen atoms in total. The number of hydrogen-bond acceptors (Lipinski definition) is 5. The number of benzene rings is 1. The molecule has 0 spiro atoms. The summed E-state index contributed by atoms with van der Waals surface area (Å²) in [6, 6.07) is 9.72. The molecule has 140 valence electrons. The van der Waals surface area contributed by atoms with Crippen LogP contribution in [0, 0.1) is 0 Å². The number of hydrogen-bond donors (Lipinski definition) is 1. The lowest BCUT2D eigenvalue weighted by Crippen LogP contribution is -2.56. The fourth-order valence-corrected chi connectivity index (χ4v) is 2.81. The van der Waals surface area contributed by atoms with E-state index in [9.17, 15) is 4.79 Å². The Morgan fingerprint density at radius 1 is 1.28 bits per heavy atom. The van der Waals surface area contributed by atoms with Crippen molar-refractivity contribution in [2.45, 2.75) is 19.4 Å². The van der Waals surface area contributed by atoms with E-state index in [1.54, 1.807) is 0 Å². The molecule has 0 atom stereocenters. The van der Waals surface area contributed by atoms with Gasteiger partial charge in [0.15, 0.2) is 0 Å². The molecule has 1 N–H and O–H groups in total. The molecule has 0 radical (unpaired) electrons. The predicted octanol–water partition coefficient (Wildman–Crippen LogP) is 1.22. The van der Waals surface area contributed by atoms with Crippen molar-refractivity contribution in [3.05, 3.63) is 30.3 Å². The van der Waals surface area contributed by atoms with Crippen LogP contribution in [0.25, 0.3) is 0 Å². The van der Waals surface area contributed by atoms with Crippen LogP contribution in [0.2, 0.25) is 0 Å². The molecular weight excluding hydrogens is 318 g/mol. The fraction of sp³-hybridized carbons (Fsp3) is 0.632. The third-order valence-electron chi connectivity index (χ3n) is 4.48. The van der Waals surface area contributed by atoms with Gasteiger partial charge in [0.05, 0.1) is 19.8 Å². The molecule has 25 heavy (non-hydrogen) atoms. The number of morpholine rings is 1. The topological polar surface area (TPSA) is 54.0 Å². The SMILES string of the molecule is CN(CCOc1ccccc1)CC(=O)NCC(C)(C)N1CCOCC1. The molecular formula is C19H31N3O3. The highest BCUT2D eigenvalue weighted by Gasteiger charge is 2.28. The van der Waals surface area contributed by atoms with Gasteiger partial charge in [-0.3, -0.25) is 14.6 Å². The number of nitrogens with one attached hydrogen (secondary N) is 1. The number of likely N-dealkylation sites (N-methyl/N-ethyl adjacent to an activating group) is 1. The van der Waals surface area contributed by atoms with Gasteiger partial charge in [0.1, 0.15) is 12.4 Å². The molecule has 0 aromatic heterocycles. The lowest BCUT2D eigenvalue weighted by atomic mass is 10.0. The van der Waals surface area contributed by atoms with E-state index >= 15 is 0 Å². The number of para-hydroxylation sites is 1. The van der Waals surface area contributed by atoms with Gasteiger partial charge in [-0.2, -0.15) is 0 Å². The molecule has 6 heteroatoms. The van der Waals surface area contributed by atoms with Crippen LogP contribution >= 0.6 is 0 Å². The zero-order valence-corrected chi connectivity index (χ0v) is 15.7. The summed E-state index contributed by atoms with van der Waals surface area (Å²) in [6.07, 6.45) is 0. The van der Waals surface area contributed by atoms with Crippen molar-refractivity contribution in [2.75, 3.05) is 59.6 Å². The zero-order valence-electron chi connectivity index (χ0n) is 15.7. The highest BCUT2D eigenvalue weighted by atomic mass is 16.5. The summed E-state index contributed by atoms with van der Waals surface area (Å²) in [5.74, 6) is 0.899. The Balaban J connectivity index is 1.63. The van der Waals surface area contributed by atoms with E-state index in [0.29, 0.717) is 26.2 Å². The van der Waals surface area contributed by atoms with Crippen LogP contribution in [0.3, 0.4) is 0 Å². The van der Waals surface area contributed by atoms with Gasteiger partial charge in [0.2, 0.25) is 5.91 Å². The van der Waals surface area contributed by atoms with Gasteiger partial charge in [-0.15, -0.1) is 0 Å². The molecule has 1 saturated heterocycles. The van der Waals surface area contributed by atoms with E-state index in [2.05, 4.69) is 24.1 Å². The number of amides is 1. The molecule has 1 heterocycles. The summed E-state index contributed by atoms with van der Waals surface area (Å²) in [6.45, 7) is 9.97. The van der Waals surface area contributed by atoms with Crippen molar-refractivity contribution in [1.82, 2.24) is 15.1 Å². The summed E-state index contributed by atoms with van der Waals surface area (Å²) in [5.41, 5.74) is -0.0611. The fourth-order valence-electron chi connectivity index (χ4n) is 2.81. The predicted molar refractivity (Wildman–Crippen MR) is 98.9 cm³/mol. The molecule has 1 amide bonds. The van der Waals surface area contributed by atoms with Crippen molar-refractivity contribution in [3.63, 3.8) is 0 Å². The van der Waals surface area contributed by atoms with Gasteiger partial charge >= 0.3 is 0 Å². The standard InChI is InChI=1S/C19H31N3O3/c1-19(2,22-10-12-24-13-11-22)16-20-18(23)15-21(3)9-14-25-17-7-5-4-6-8-17/h4-8H,9-16H2,1-3H3,(H,20,23). The van der Waals surface area contributed by atoms with Crippen LogP contribution in [0.5, 0.6) is 5.75 Å². The molecule has 1 fully saturated rings. The third-order valence-corrected chi connectivity index (χ3v) is 4.48. The average molecular weight is 349 g/mol. The van der Waals surface area contributed by atoms with Crippen LogP contribution in [0.15, 0.2) is 30.3 Å². The minimum absolute atomic E-state index is 0.0449. The summed E-state index contributed by atoms with van der Waals surface area (Å²) < 4.78 is 11.1. The first-order valence-corrected chi connectivity index (χ1v) is 8.93. The number of carbonyl (C=O) groups excluding carboxylic acids is 1. The number of nitrogens with zero attached hydrogens (tertiary/aromatic N) is 2. The Kier molecular flexibility index (Phi) is 7.68. The Labute approximate surface area is 151 Å². The highest BCUT2D eigenvalue weighted by molar-refractivity contribution is 5.78. The lowest BCUT2D eigenvalue weighted by molar-refractivity contribution is -0.122. The van der Waals surface area contributed by atoms with E-state index in [0.717, 1.165) is 32.1 Å². The highest BCUT2D eigenvalue weighted by Crippen LogP contribution is 2.15. The number of carbonyl (C=O) groups is 1. The van der Waals surface area contributed by atoms with Gasteiger partial charge in [-0.1, -0.05) is 18.2 Å². The molecule has 0 unspecified atom stereocenters. The largest absolute Gasteiger partial charge is 0.492 e. The number of ether oxygens (including phenoxy) is 2. The van der Waals surface area contributed by atoms with Crippen LogP contribution in [-0.4, -0.2) is 80.8 Å². The van der Waals surface area contributed by atoms with Crippen molar-refractivity contribution >= 4 is 5.91 Å². The Morgan fingerprint density at radius 3 is 2.64 bits per heavy atom. The van der Waals surface area contributed by atoms with E-state index in [1.807, 2.05) is 42.3 Å². The summed E-state index contributed by atoms with van der Waals surface area (Å²) >= 11 is 0. The Morgan fingerprint density at radius 2 is 1.96 bits per heavy atom. The normalized spacial score (nSPS) is 16.0. The first-order chi connectivity index (χ1) is 12.0. The smallest absolute Gasteiger partial charge is 0.234 e. The molecule has 0 saturated carbocycles. The first-order valence-electron chi connectivity index (χ1n) is 8.93. The van der Waals surface area contributed by atoms with Gasteiger partial charge in [0, 0.05) is 31.7 Å². The van der Waals surface area contributed by atoms with Crippen LogP contribution < -0.4 is 10.1 Å². The van der Waals surface area contributed by atoms with E-state index in [4.69, 9.17) is 9.47 Å². The minimum atomic E-state index is -0.0611. The first kappa shape index (κ1) is 19.7. The van der Waals surface area contributed by atoms with Crippen LogP contribution in [-0.2, 0) is 9.53 Å². The molecule has 2 rings (SSSR count). The Bertz CT molecular complexity index is 516. The van der Waals surface area contributed by atoms with Crippen molar-refractivity contribution < 1.29 is 14.3 Å². The zero-order chi connectivity index (χ0) is 18.1. The monoisotopic (exact) mass is 349 g/mol. The van der Waals surface area contributed by atoms with Crippen LogP contribution in [0.1, 0.15) is 13.8 Å². The second kappa shape index (κ2) is 9.75. The van der Waals surface area contributed by atoms with Crippen molar-refractivity contribution in [1.29, 1.82) is 0 Å². The maximum Gasteiger partial charge on any atom is 0.234 e. The van der Waals surface area contributed by atoms with E-state index in [1.165, 1.54) is 0 Å². The second-order valence-electron chi connectivity index (χ2n) is 7.09. The van der Waals surface area contributed by atoms with Crippen molar-refractivity contribution in [2.24, 2.45) is 0 Å². The molecule has 1 aliphatic heterocycles. The molecule has 0 aliphatic carbocycles. The maximum atomic E-state index is 12.2. The van der Waals surface area contributed by atoms with Gasteiger partial charge in [-0.25, -0.2) is 0 Å². The molecule has 1 aromatic carbocycles. The van der Waals surface area contributed by atoms with Crippen molar-refractivity contribution in [3.8, 4) is 5.75 Å². The Hall–Kier alpha value is -1.63. The quantitative estimate of drug-likeness (QED) is 0.727. The summed E-state index contributed by atoms with van der Waals surface area (Å²) in [5, 5.41) is 3.06. The summed E-state index contributed by atoms with van der Waals surface area (Å²) in [4.78, 5) is 16.5. The average Bonchev–Trinajstić information content (AvgIpc) is 2.62. The summed E-state index contributed by atoms with van der Waals surface area (Å²) in [7, 11) is 1.93.